The number of rotatable bonds is 6. The van der Waals surface area contributed by atoms with Crippen LogP contribution in [-0.2, 0) is 14.8 Å². The van der Waals surface area contributed by atoms with Crippen LogP contribution in [0.25, 0.3) is 0 Å². The average molecular weight is 364 g/mol. The first-order valence-corrected chi connectivity index (χ1v) is 9.65. The van der Waals surface area contributed by atoms with Gasteiger partial charge in [-0.3, -0.25) is 9.10 Å². The number of sulfonamides is 1. The molecule has 2 aromatic carbocycles. The molecule has 2 rings (SSSR count). The highest BCUT2D eigenvalue weighted by Gasteiger charge is 2.21. The van der Waals surface area contributed by atoms with E-state index in [9.17, 15) is 17.6 Å². The molecule has 1 N–H and O–H groups in total. The normalized spacial score (nSPS) is 11.4. The lowest BCUT2D eigenvalue weighted by atomic mass is 10.0. The molecule has 0 saturated carbocycles. The van der Waals surface area contributed by atoms with Crippen molar-refractivity contribution >= 4 is 27.3 Å². The van der Waals surface area contributed by atoms with Crippen LogP contribution >= 0.6 is 0 Å². The molecular formula is C18H21FN2O3S. The Bertz CT molecular complexity index is 849. The molecule has 0 aromatic heterocycles. The highest BCUT2D eigenvalue weighted by molar-refractivity contribution is 7.92. The van der Waals surface area contributed by atoms with Gasteiger partial charge in [0.05, 0.1) is 11.9 Å². The summed E-state index contributed by atoms with van der Waals surface area (Å²) in [6, 6.07) is 12.4. The van der Waals surface area contributed by atoms with Gasteiger partial charge in [0.2, 0.25) is 15.9 Å². The van der Waals surface area contributed by atoms with E-state index in [4.69, 9.17) is 0 Å². The van der Waals surface area contributed by atoms with Gasteiger partial charge in [-0.05, 0) is 41.8 Å². The third-order valence-corrected chi connectivity index (χ3v) is 4.78. The first-order valence-electron chi connectivity index (χ1n) is 7.80. The smallest absolute Gasteiger partial charge is 0.245 e. The highest BCUT2D eigenvalue weighted by Crippen LogP contribution is 2.22. The summed E-state index contributed by atoms with van der Waals surface area (Å²) in [7, 11) is -3.65. The van der Waals surface area contributed by atoms with Crippen LogP contribution in [0.15, 0.2) is 48.5 Å². The number of hydrogen-bond donors (Lipinski definition) is 1. The van der Waals surface area contributed by atoms with E-state index in [-0.39, 0.29) is 5.69 Å². The van der Waals surface area contributed by atoms with Crippen molar-refractivity contribution in [1.29, 1.82) is 0 Å². The van der Waals surface area contributed by atoms with Crippen LogP contribution in [0.5, 0.6) is 0 Å². The summed E-state index contributed by atoms with van der Waals surface area (Å²) in [4.78, 5) is 12.2. The molecule has 0 bridgehead atoms. The molecule has 0 fully saturated rings. The summed E-state index contributed by atoms with van der Waals surface area (Å²) >= 11 is 0. The summed E-state index contributed by atoms with van der Waals surface area (Å²) in [5.74, 6) is -0.719. The van der Waals surface area contributed by atoms with Gasteiger partial charge in [0.25, 0.3) is 0 Å². The van der Waals surface area contributed by atoms with Crippen LogP contribution in [0.1, 0.15) is 25.3 Å². The fraction of sp³-hybridized carbons (Fsp3) is 0.278. The second-order valence-electron chi connectivity index (χ2n) is 6.07. The monoisotopic (exact) mass is 364 g/mol. The topological polar surface area (TPSA) is 66.5 Å². The van der Waals surface area contributed by atoms with Crippen molar-refractivity contribution in [3.05, 3.63) is 59.9 Å². The minimum atomic E-state index is -3.65. The molecule has 0 unspecified atom stereocenters. The lowest BCUT2D eigenvalue weighted by molar-refractivity contribution is -0.114. The van der Waals surface area contributed by atoms with Crippen molar-refractivity contribution in [2.45, 2.75) is 19.8 Å². The zero-order chi connectivity index (χ0) is 18.6. The number of carbonyl (C=O) groups excluding carboxylic acids is 1. The second-order valence-corrected chi connectivity index (χ2v) is 7.98. The zero-order valence-corrected chi connectivity index (χ0v) is 15.2. The Balaban J connectivity index is 2.19. The summed E-state index contributed by atoms with van der Waals surface area (Å²) in [6.45, 7) is 3.68. The Hall–Kier alpha value is -2.41. The maximum absolute atomic E-state index is 13.2. The lowest BCUT2D eigenvalue weighted by Crippen LogP contribution is -2.37. The lowest BCUT2D eigenvalue weighted by Gasteiger charge is -2.22. The zero-order valence-electron chi connectivity index (χ0n) is 14.4. The fourth-order valence-corrected chi connectivity index (χ4v) is 3.18. The van der Waals surface area contributed by atoms with E-state index in [2.05, 4.69) is 5.32 Å². The van der Waals surface area contributed by atoms with Crippen LogP contribution in [0.3, 0.4) is 0 Å². The van der Waals surface area contributed by atoms with Crippen molar-refractivity contribution < 1.29 is 17.6 Å². The van der Waals surface area contributed by atoms with Crippen molar-refractivity contribution in [1.82, 2.24) is 0 Å². The molecule has 2 aromatic rings. The molecule has 7 heteroatoms. The first-order chi connectivity index (χ1) is 11.7. The molecule has 0 spiro atoms. The Labute approximate surface area is 147 Å². The van der Waals surface area contributed by atoms with Gasteiger partial charge in [0.15, 0.2) is 0 Å². The van der Waals surface area contributed by atoms with Crippen LogP contribution < -0.4 is 9.62 Å². The molecule has 5 nitrogen and oxygen atoms in total. The number of halogens is 1. The van der Waals surface area contributed by atoms with Gasteiger partial charge in [-0.2, -0.15) is 0 Å². The Morgan fingerprint density at radius 2 is 1.80 bits per heavy atom. The second kappa shape index (κ2) is 7.65. The Morgan fingerprint density at radius 1 is 1.16 bits per heavy atom. The van der Waals surface area contributed by atoms with Crippen LogP contribution in [0, 0.1) is 5.82 Å². The summed E-state index contributed by atoms with van der Waals surface area (Å²) in [6.07, 6.45) is 1.04. The molecule has 0 heterocycles. The van der Waals surface area contributed by atoms with E-state index in [1.54, 1.807) is 12.1 Å². The van der Waals surface area contributed by atoms with Gasteiger partial charge in [-0.25, -0.2) is 12.8 Å². The van der Waals surface area contributed by atoms with Gasteiger partial charge in [0, 0.05) is 5.69 Å². The molecule has 0 saturated heterocycles. The summed E-state index contributed by atoms with van der Waals surface area (Å²) in [5.41, 5.74) is 1.75. The van der Waals surface area contributed by atoms with Crippen LogP contribution in [0.4, 0.5) is 15.8 Å². The first kappa shape index (κ1) is 18.9. The average Bonchev–Trinajstić information content (AvgIpc) is 2.51. The number of amides is 1. The molecule has 0 atom stereocenters. The highest BCUT2D eigenvalue weighted by atomic mass is 32.2. The van der Waals surface area contributed by atoms with Gasteiger partial charge < -0.3 is 5.32 Å². The predicted molar refractivity (Wildman–Crippen MR) is 97.8 cm³/mol. The maximum atomic E-state index is 13.2. The quantitative estimate of drug-likeness (QED) is 0.855. The van der Waals surface area contributed by atoms with E-state index in [1.165, 1.54) is 24.3 Å². The van der Waals surface area contributed by atoms with Gasteiger partial charge in [0.1, 0.15) is 12.4 Å². The molecule has 0 aliphatic rings. The Kier molecular flexibility index (Phi) is 5.79. The minimum Gasteiger partial charge on any atom is -0.324 e. The van der Waals surface area contributed by atoms with E-state index < -0.39 is 28.3 Å². The van der Waals surface area contributed by atoms with Crippen molar-refractivity contribution in [2.75, 3.05) is 22.4 Å². The van der Waals surface area contributed by atoms with E-state index >= 15 is 0 Å². The number of nitrogens with zero attached hydrogens (tertiary/aromatic N) is 1. The minimum absolute atomic E-state index is 0.272. The summed E-state index contributed by atoms with van der Waals surface area (Å²) in [5, 5.41) is 2.50. The van der Waals surface area contributed by atoms with Crippen molar-refractivity contribution in [2.24, 2.45) is 0 Å². The van der Waals surface area contributed by atoms with Crippen molar-refractivity contribution in [3.63, 3.8) is 0 Å². The SMILES string of the molecule is CC(C)c1ccc(N(CC(=O)Nc2cccc(F)c2)S(C)(=O)=O)cc1. The molecule has 134 valence electrons. The molecule has 0 radical (unpaired) electrons. The number of nitrogens with one attached hydrogen (secondary N) is 1. The standard InChI is InChI=1S/C18H21FN2O3S/c1-13(2)14-7-9-17(10-8-14)21(25(3,23)24)12-18(22)20-16-6-4-5-15(19)11-16/h4-11,13H,12H2,1-3H3,(H,20,22). The largest absolute Gasteiger partial charge is 0.324 e. The summed E-state index contributed by atoms with van der Waals surface area (Å²) < 4.78 is 38.4. The Morgan fingerprint density at radius 3 is 2.32 bits per heavy atom. The van der Waals surface area contributed by atoms with E-state index in [1.807, 2.05) is 26.0 Å². The van der Waals surface area contributed by atoms with E-state index in [0.717, 1.165) is 16.1 Å². The van der Waals surface area contributed by atoms with Gasteiger partial charge in [-0.15, -0.1) is 0 Å². The van der Waals surface area contributed by atoms with Crippen molar-refractivity contribution in [3.8, 4) is 0 Å². The molecule has 1 amide bonds. The third kappa shape index (κ3) is 5.29. The van der Waals surface area contributed by atoms with Crippen LogP contribution in [-0.4, -0.2) is 27.1 Å². The molecule has 25 heavy (non-hydrogen) atoms. The number of anilines is 2. The maximum Gasteiger partial charge on any atom is 0.245 e. The molecule has 0 aliphatic heterocycles. The third-order valence-electron chi connectivity index (χ3n) is 3.64. The van der Waals surface area contributed by atoms with Gasteiger partial charge in [-0.1, -0.05) is 32.0 Å². The fourth-order valence-electron chi connectivity index (χ4n) is 2.32. The number of hydrogen-bond acceptors (Lipinski definition) is 3. The van der Waals surface area contributed by atoms with E-state index in [0.29, 0.717) is 11.6 Å². The van der Waals surface area contributed by atoms with Gasteiger partial charge >= 0.3 is 0 Å². The predicted octanol–water partition coefficient (Wildman–Crippen LogP) is 3.35. The number of carbonyl (C=O) groups is 1. The van der Waals surface area contributed by atoms with Crippen LogP contribution in [0.2, 0.25) is 0 Å². The molecular weight excluding hydrogens is 343 g/mol. The molecule has 0 aliphatic carbocycles. The number of benzene rings is 2.